The number of carbonyl (C=O) groups excluding carboxylic acids is 2. The number of halogens is 1. The predicted octanol–water partition coefficient (Wildman–Crippen LogP) is 2.43. The van der Waals surface area contributed by atoms with Gasteiger partial charge in [0.1, 0.15) is 11.5 Å². The molecule has 0 spiro atoms. The van der Waals surface area contributed by atoms with E-state index in [-0.39, 0.29) is 17.3 Å². The van der Waals surface area contributed by atoms with Crippen LogP contribution in [0.2, 0.25) is 0 Å². The zero-order chi connectivity index (χ0) is 14.5. The van der Waals surface area contributed by atoms with Crippen LogP contribution in [-0.2, 0) is 4.79 Å². The molecule has 2 rings (SSSR count). The van der Waals surface area contributed by atoms with Gasteiger partial charge in [-0.2, -0.15) is 0 Å². The minimum absolute atomic E-state index is 0.0214. The molecule has 2 aromatic rings. The molecule has 102 valence electrons. The Morgan fingerprint density at radius 2 is 1.95 bits per heavy atom. The zero-order valence-corrected chi connectivity index (χ0v) is 10.7. The van der Waals surface area contributed by atoms with Crippen molar-refractivity contribution in [3.63, 3.8) is 0 Å². The molecule has 0 aliphatic carbocycles. The molecule has 0 atom stereocenters. The van der Waals surface area contributed by atoms with Crippen LogP contribution in [0.25, 0.3) is 0 Å². The van der Waals surface area contributed by atoms with Crippen molar-refractivity contribution in [1.29, 1.82) is 0 Å². The Kier molecular flexibility index (Phi) is 4.05. The molecule has 0 bridgehead atoms. The van der Waals surface area contributed by atoms with Crippen LogP contribution in [0.4, 0.5) is 15.8 Å². The number of pyridine rings is 1. The molecule has 0 aliphatic rings. The highest BCUT2D eigenvalue weighted by Crippen LogP contribution is 2.20. The van der Waals surface area contributed by atoms with E-state index in [0.29, 0.717) is 5.69 Å². The predicted molar refractivity (Wildman–Crippen MR) is 72.9 cm³/mol. The second-order valence-electron chi connectivity index (χ2n) is 4.04. The van der Waals surface area contributed by atoms with E-state index in [2.05, 4.69) is 15.6 Å². The number of anilines is 2. The molecule has 0 aliphatic heterocycles. The van der Waals surface area contributed by atoms with Gasteiger partial charge in [-0.1, -0.05) is 6.07 Å². The van der Waals surface area contributed by atoms with Gasteiger partial charge in [0.2, 0.25) is 5.91 Å². The van der Waals surface area contributed by atoms with Crippen molar-refractivity contribution < 1.29 is 14.0 Å². The minimum atomic E-state index is -0.594. The van der Waals surface area contributed by atoms with Crippen LogP contribution in [0.5, 0.6) is 0 Å². The van der Waals surface area contributed by atoms with Crippen LogP contribution in [0.3, 0.4) is 0 Å². The van der Waals surface area contributed by atoms with Crippen molar-refractivity contribution in [3.8, 4) is 0 Å². The molecular weight excluding hydrogens is 261 g/mol. The first-order valence-corrected chi connectivity index (χ1v) is 5.86. The fourth-order valence-electron chi connectivity index (χ4n) is 1.59. The highest BCUT2D eigenvalue weighted by molar-refractivity contribution is 6.03. The molecule has 0 saturated heterocycles. The summed E-state index contributed by atoms with van der Waals surface area (Å²) in [5.74, 6) is -1.40. The van der Waals surface area contributed by atoms with Crippen molar-refractivity contribution >= 4 is 23.2 Å². The fraction of sp³-hybridized carbons (Fsp3) is 0.0714. The van der Waals surface area contributed by atoms with Gasteiger partial charge >= 0.3 is 0 Å². The van der Waals surface area contributed by atoms with Gasteiger partial charge in [-0.3, -0.25) is 14.6 Å². The maximum Gasteiger partial charge on any atom is 0.274 e. The van der Waals surface area contributed by atoms with Crippen molar-refractivity contribution in [2.45, 2.75) is 6.92 Å². The molecule has 0 unspecified atom stereocenters. The average molecular weight is 273 g/mol. The molecule has 1 aromatic heterocycles. The fourth-order valence-corrected chi connectivity index (χ4v) is 1.59. The maximum atomic E-state index is 13.6. The normalized spacial score (nSPS) is 9.90. The number of rotatable bonds is 3. The number of nitrogens with one attached hydrogen (secondary N) is 2. The van der Waals surface area contributed by atoms with Crippen LogP contribution < -0.4 is 10.6 Å². The quantitative estimate of drug-likeness (QED) is 0.902. The smallest absolute Gasteiger partial charge is 0.274 e. The van der Waals surface area contributed by atoms with Crippen molar-refractivity contribution in [3.05, 3.63) is 54.1 Å². The summed E-state index contributed by atoms with van der Waals surface area (Å²) in [5, 5.41) is 4.93. The lowest BCUT2D eigenvalue weighted by Crippen LogP contribution is -2.15. The molecule has 5 nitrogen and oxygen atoms in total. The lowest BCUT2D eigenvalue weighted by molar-refractivity contribution is -0.114. The van der Waals surface area contributed by atoms with E-state index in [1.54, 1.807) is 12.1 Å². The molecule has 0 radical (unpaired) electrons. The number of aromatic nitrogens is 1. The molecular formula is C14H12FN3O2. The molecule has 1 heterocycles. The summed E-state index contributed by atoms with van der Waals surface area (Å²) in [7, 11) is 0. The van der Waals surface area contributed by atoms with E-state index in [1.165, 1.54) is 37.4 Å². The standard InChI is InChI=1S/C14H12FN3O2/c1-9(19)17-10-5-6-11(15)13(8-10)18-14(20)12-4-2-3-7-16-12/h2-8H,1H3,(H,17,19)(H,18,20). The van der Waals surface area contributed by atoms with Crippen LogP contribution in [0, 0.1) is 5.82 Å². The van der Waals surface area contributed by atoms with Gasteiger partial charge in [0.05, 0.1) is 5.69 Å². The van der Waals surface area contributed by atoms with E-state index in [4.69, 9.17) is 0 Å². The largest absolute Gasteiger partial charge is 0.326 e. The minimum Gasteiger partial charge on any atom is -0.326 e. The lowest BCUT2D eigenvalue weighted by Gasteiger charge is -2.08. The van der Waals surface area contributed by atoms with Crippen LogP contribution in [0.1, 0.15) is 17.4 Å². The molecule has 6 heteroatoms. The Labute approximate surface area is 114 Å². The molecule has 20 heavy (non-hydrogen) atoms. The second-order valence-corrected chi connectivity index (χ2v) is 4.04. The topological polar surface area (TPSA) is 71.1 Å². The summed E-state index contributed by atoms with van der Waals surface area (Å²) in [6, 6.07) is 8.77. The lowest BCUT2D eigenvalue weighted by atomic mass is 10.2. The molecule has 0 saturated carbocycles. The molecule has 2 amide bonds. The first-order chi connectivity index (χ1) is 9.56. The highest BCUT2D eigenvalue weighted by Gasteiger charge is 2.11. The first-order valence-electron chi connectivity index (χ1n) is 5.86. The van der Waals surface area contributed by atoms with Crippen molar-refractivity contribution in [2.75, 3.05) is 10.6 Å². The van der Waals surface area contributed by atoms with E-state index >= 15 is 0 Å². The number of amides is 2. The van der Waals surface area contributed by atoms with Gasteiger partial charge < -0.3 is 10.6 Å². The van der Waals surface area contributed by atoms with Crippen LogP contribution in [0.15, 0.2) is 42.6 Å². The van der Waals surface area contributed by atoms with Gasteiger partial charge in [-0.25, -0.2) is 4.39 Å². The SMILES string of the molecule is CC(=O)Nc1ccc(F)c(NC(=O)c2ccccn2)c1. The number of carbonyl (C=O) groups is 2. The van der Waals surface area contributed by atoms with Gasteiger partial charge in [-0.15, -0.1) is 0 Å². The number of hydrogen-bond donors (Lipinski definition) is 2. The van der Waals surface area contributed by atoms with E-state index in [0.717, 1.165) is 0 Å². The monoisotopic (exact) mass is 273 g/mol. The second kappa shape index (κ2) is 5.92. The highest BCUT2D eigenvalue weighted by atomic mass is 19.1. The average Bonchev–Trinajstić information content (AvgIpc) is 2.43. The maximum absolute atomic E-state index is 13.6. The van der Waals surface area contributed by atoms with E-state index in [9.17, 15) is 14.0 Å². The Hall–Kier alpha value is -2.76. The van der Waals surface area contributed by atoms with Gasteiger partial charge in [0.15, 0.2) is 0 Å². The first kappa shape index (κ1) is 13.7. The Morgan fingerprint density at radius 3 is 2.60 bits per heavy atom. The third-order valence-corrected chi connectivity index (χ3v) is 2.43. The summed E-state index contributed by atoms with van der Waals surface area (Å²) in [5.41, 5.74) is 0.555. The van der Waals surface area contributed by atoms with Crippen LogP contribution >= 0.6 is 0 Å². The van der Waals surface area contributed by atoms with Gasteiger partial charge in [0.25, 0.3) is 5.91 Å². The summed E-state index contributed by atoms with van der Waals surface area (Å²) in [6.45, 7) is 1.34. The third kappa shape index (κ3) is 3.38. The van der Waals surface area contributed by atoms with Crippen molar-refractivity contribution in [2.24, 2.45) is 0 Å². The Balaban J connectivity index is 2.20. The summed E-state index contributed by atoms with van der Waals surface area (Å²) in [4.78, 5) is 26.7. The third-order valence-electron chi connectivity index (χ3n) is 2.43. The summed E-state index contributed by atoms with van der Waals surface area (Å²) < 4.78 is 13.6. The van der Waals surface area contributed by atoms with E-state index < -0.39 is 11.7 Å². The van der Waals surface area contributed by atoms with Crippen LogP contribution in [-0.4, -0.2) is 16.8 Å². The Morgan fingerprint density at radius 1 is 1.15 bits per heavy atom. The van der Waals surface area contributed by atoms with Crippen molar-refractivity contribution in [1.82, 2.24) is 4.98 Å². The van der Waals surface area contributed by atoms with Gasteiger partial charge in [-0.05, 0) is 30.3 Å². The molecule has 1 aromatic carbocycles. The Bertz CT molecular complexity index is 644. The van der Waals surface area contributed by atoms with Gasteiger partial charge in [0, 0.05) is 18.8 Å². The number of nitrogens with zero attached hydrogens (tertiary/aromatic N) is 1. The van der Waals surface area contributed by atoms with E-state index in [1.807, 2.05) is 0 Å². The number of benzene rings is 1. The summed E-state index contributed by atoms with van der Waals surface area (Å²) in [6.07, 6.45) is 1.47. The summed E-state index contributed by atoms with van der Waals surface area (Å²) >= 11 is 0. The molecule has 2 N–H and O–H groups in total. The molecule has 0 fully saturated rings. The number of hydrogen-bond acceptors (Lipinski definition) is 3. The zero-order valence-electron chi connectivity index (χ0n) is 10.7.